The highest BCUT2D eigenvalue weighted by molar-refractivity contribution is 5.74. The van der Waals surface area contributed by atoms with Crippen LogP contribution in [0.4, 0.5) is 4.79 Å². The fraction of sp³-hybridized carbons (Fsp3) is 0.900. The van der Waals surface area contributed by atoms with Crippen molar-refractivity contribution in [2.45, 2.75) is 32.4 Å². The summed E-state index contributed by atoms with van der Waals surface area (Å²) >= 11 is 0. The van der Waals surface area contributed by atoms with Gasteiger partial charge in [0.15, 0.2) is 0 Å². The number of urea groups is 1. The number of carbonyl (C=O) groups is 1. The maximum Gasteiger partial charge on any atom is 0.317 e. The summed E-state index contributed by atoms with van der Waals surface area (Å²) < 4.78 is 0. The predicted octanol–water partition coefficient (Wildman–Crippen LogP) is 0.398. The Morgan fingerprint density at radius 3 is 2.93 bits per heavy atom. The van der Waals surface area contributed by atoms with Crippen molar-refractivity contribution in [3.63, 3.8) is 0 Å². The van der Waals surface area contributed by atoms with E-state index in [9.17, 15) is 4.79 Å². The third-order valence-corrected chi connectivity index (χ3v) is 3.06. The van der Waals surface area contributed by atoms with Crippen molar-refractivity contribution < 1.29 is 4.79 Å². The molecule has 0 spiro atoms. The van der Waals surface area contributed by atoms with Crippen molar-refractivity contribution in [2.24, 2.45) is 5.92 Å². The predicted molar refractivity (Wildman–Crippen MR) is 55.1 cm³/mol. The third-order valence-electron chi connectivity index (χ3n) is 3.06. The summed E-state index contributed by atoms with van der Waals surface area (Å²) in [7, 11) is 0. The van der Waals surface area contributed by atoms with E-state index in [4.69, 9.17) is 0 Å². The van der Waals surface area contributed by atoms with Crippen LogP contribution in [0.25, 0.3) is 0 Å². The van der Waals surface area contributed by atoms with Crippen LogP contribution in [0.15, 0.2) is 0 Å². The zero-order chi connectivity index (χ0) is 10.1. The Morgan fingerprint density at radius 1 is 1.50 bits per heavy atom. The Hall–Kier alpha value is -0.770. The summed E-state index contributed by atoms with van der Waals surface area (Å²) in [6, 6.07) is 0.875. The Balaban J connectivity index is 1.86. The van der Waals surface area contributed by atoms with E-state index in [1.165, 1.54) is 6.42 Å². The zero-order valence-corrected chi connectivity index (χ0v) is 8.92. The number of carbonyl (C=O) groups excluding carboxylic acids is 1. The van der Waals surface area contributed by atoms with Gasteiger partial charge in [0, 0.05) is 25.2 Å². The Kier molecular flexibility index (Phi) is 2.63. The number of fused-ring (bicyclic) bond motifs is 1. The van der Waals surface area contributed by atoms with Gasteiger partial charge >= 0.3 is 6.03 Å². The van der Waals surface area contributed by atoms with E-state index in [1.54, 1.807) is 0 Å². The number of amides is 2. The van der Waals surface area contributed by atoms with Crippen LogP contribution in [0.5, 0.6) is 0 Å². The van der Waals surface area contributed by atoms with E-state index >= 15 is 0 Å². The van der Waals surface area contributed by atoms with Crippen molar-refractivity contribution in [3.05, 3.63) is 0 Å². The van der Waals surface area contributed by atoms with Crippen molar-refractivity contribution in [1.82, 2.24) is 15.5 Å². The van der Waals surface area contributed by atoms with E-state index in [0.29, 0.717) is 12.0 Å². The third kappa shape index (κ3) is 1.85. The summed E-state index contributed by atoms with van der Waals surface area (Å²) in [5.74, 6) is 0.688. The van der Waals surface area contributed by atoms with Gasteiger partial charge in [0.25, 0.3) is 0 Å². The highest BCUT2D eigenvalue weighted by Gasteiger charge is 2.37. The Morgan fingerprint density at radius 2 is 2.29 bits per heavy atom. The standard InChI is InChI=1S/C10H19N3O/c1-7(2)12-10(14)13-5-8-3-4-11-9(8)6-13/h7-9,11H,3-6H2,1-2H3,(H,12,14)/t8-,9+/m0/s1. The SMILES string of the molecule is CC(C)NC(=O)N1C[C@@H]2CCN[C@@H]2C1. The molecule has 2 atom stereocenters. The van der Waals surface area contributed by atoms with Crippen LogP contribution in [0, 0.1) is 5.92 Å². The second-order valence-corrected chi connectivity index (χ2v) is 4.62. The molecule has 2 N–H and O–H groups in total. The summed E-state index contributed by atoms with van der Waals surface area (Å²) in [5.41, 5.74) is 0. The number of nitrogens with zero attached hydrogens (tertiary/aromatic N) is 1. The average Bonchev–Trinajstić information content (AvgIpc) is 2.58. The second-order valence-electron chi connectivity index (χ2n) is 4.62. The number of hydrogen-bond acceptors (Lipinski definition) is 2. The highest BCUT2D eigenvalue weighted by Crippen LogP contribution is 2.24. The first-order valence-electron chi connectivity index (χ1n) is 5.45. The molecule has 0 radical (unpaired) electrons. The van der Waals surface area contributed by atoms with Gasteiger partial charge in [0.2, 0.25) is 0 Å². The molecule has 4 heteroatoms. The van der Waals surface area contributed by atoms with Crippen molar-refractivity contribution in [2.75, 3.05) is 19.6 Å². The van der Waals surface area contributed by atoms with E-state index in [2.05, 4.69) is 10.6 Å². The first-order valence-corrected chi connectivity index (χ1v) is 5.45. The summed E-state index contributed by atoms with van der Waals surface area (Å²) in [6.07, 6.45) is 1.22. The lowest BCUT2D eigenvalue weighted by atomic mass is 10.1. The molecule has 4 nitrogen and oxygen atoms in total. The van der Waals surface area contributed by atoms with Crippen molar-refractivity contribution >= 4 is 6.03 Å². The molecule has 2 rings (SSSR count). The van der Waals surface area contributed by atoms with Crippen molar-refractivity contribution in [1.29, 1.82) is 0 Å². The van der Waals surface area contributed by atoms with Gasteiger partial charge in [-0.25, -0.2) is 4.79 Å². The van der Waals surface area contributed by atoms with Crippen LogP contribution in [0.2, 0.25) is 0 Å². The van der Waals surface area contributed by atoms with E-state index in [1.807, 2.05) is 18.7 Å². The molecule has 2 aliphatic heterocycles. The number of likely N-dealkylation sites (tertiary alicyclic amines) is 1. The lowest BCUT2D eigenvalue weighted by Crippen LogP contribution is -2.43. The highest BCUT2D eigenvalue weighted by atomic mass is 16.2. The number of nitrogens with one attached hydrogen (secondary N) is 2. The molecule has 0 aromatic carbocycles. The van der Waals surface area contributed by atoms with Gasteiger partial charge < -0.3 is 15.5 Å². The second kappa shape index (κ2) is 3.77. The molecular formula is C10H19N3O. The molecule has 2 heterocycles. The van der Waals surface area contributed by atoms with Crippen LogP contribution in [0.1, 0.15) is 20.3 Å². The lowest BCUT2D eigenvalue weighted by molar-refractivity contribution is 0.203. The molecule has 2 amide bonds. The Labute approximate surface area is 85.0 Å². The van der Waals surface area contributed by atoms with Crippen LogP contribution in [0.3, 0.4) is 0 Å². The fourth-order valence-corrected chi connectivity index (χ4v) is 2.35. The lowest BCUT2D eigenvalue weighted by Gasteiger charge is -2.19. The maximum absolute atomic E-state index is 11.7. The van der Waals surface area contributed by atoms with Gasteiger partial charge in [0.1, 0.15) is 0 Å². The monoisotopic (exact) mass is 197 g/mol. The molecule has 0 unspecified atom stereocenters. The van der Waals surface area contributed by atoms with E-state index in [0.717, 1.165) is 19.6 Å². The van der Waals surface area contributed by atoms with E-state index < -0.39 is 0 Å². The minimum absolute atomic E-state index is 0.0937. The minimum Gasteiger partial charge on any atom is -0.336 e. The topological polar surface area (TPSA) is 44.4 Å². The van der Waals surface area contributed by atoms with Crippen LogP contribution < -0.4 is 10.6 Å². The van der Waals surface area contributed by atoms with Gasteiger partial charge in [0.05, 0.1) is 0 Å². The zero-order valence-electron chi connectivity index (χ0n) is 8.92. The summed E-state index contributed by atoms with van der Waals surface area (Å²) in [5, 5.41) is 6.37. The molecule has 0 bridgehead atoms. The molecule has 0 aliphatic carbocycles. The molecule has 2 saturated heterocycles. The van der Waals surface area contributed by atoms with Gasteiger partial charge in [-0.2, -0.15) is 0 Å². The molecule has 80 valence electrons. The number of rotatable bonds is 1. The van der Waals surface area contributed by atoms with Crippen LogP contribution >= 0.6 is 0 Å². The summed E-state index contributed by atoms with van der Waals surface area (Å²) in [6.45, 7) is 6.91. The number of hydrogen-bond donors (Lipinski definition) is 2. The molecule has 0 aromatic rings. The molecule has 2 fully saturated rings. The average molecular weight is 197 g/mol. The smallest absolute Gasteiger partial charge is 0.317 e. The minimum atomic E-state index is 0.0937. The maximum atomic E-state index is 11.7. The van der Waals surface area contributed by atoms with Gasteiger partial charge in [-0.3, -0.25) is 0 Å². The van der Waals surface area contributed by atoms with Crippen molar-refractivity contribution in [3.8, 4) is 0 Å². The fourth-order valence-electron chi connectivity index (χ4n) is 2.35. The first-order chi connectivity index (χ1) is 6.66. The van der Waals surface area contributed by atoms with E-state index in [-0.39, 0.29) is 12.1 Å². The molecular weight excluding hydrogens is 178 g/mol. The normalized spacial score (nSPS) is 30.9. The summed E-state index contributed by atoms with van der Waals surface area (Å²) in [4.78, 5) is 13.6. The largest absolute Gasteiger partial charge is 0.336 e. The quantitative estimate of drug-likeness (QED) is 0.639. The van der Waals surface area contributed by atoms with Gasteiger partial charge in [-0.1, -0.05) is 0 Å². The van der Waals surface area contributed by atoms with Gasteiger partial charge in [-0.05, 0) is 32.7 Å². The molecule has 2 aliphatic rings. The molecule has 14 heavy (non-hydrogen) atoms. The van der Waals surface area contributed by atoms with Gasteiger partial charge in [-0.15, -0.1) is 0 Å². The Bertz CT molecular complexity index is 217. The first kappa shape index (κ1) is 9.77. The van der Waals surface area contributed by atoms with Crippen LogP contribution in [-0.4, -0.2) is 42.6 Å². The molecule has 0 saturated carbocycles. The van der Waals surface area contributed by atoms with Crippen LogP contribution in [-0.2, 0) is 0 Å². The molecule has 0 aromatic heterocycles.